The fourth-order valence-corrected chi connectivity index (χ4v) is 2.67. The largest absolute Gasteiger partial charge is 0.339 e. The number of carbonyl (C=O) groups is 1. The molecule has 126 valence electrons. The van der Waals surface area contributed by atoms with E-state index >= 15 is 0 Å². The molecule has 0 aliphatic carbocycles. The van der Waals surface area contributed by atoms with E-state index in [1.807, 2.05) is 13.0 Å². The van der Waals surface area contributed by atoms with Crippen LogP contribution in [0.25, 0.3) is 0 Å². The number of hydrogen-bond acceptors (Lipinski definition) is 5. The van der Waals surface area contributed by atoms with Crippen molar-refractivity contribution in [3.8, 4) is 0 Å². The molecule has 0 bridgehead atoms. The van der Waals surface area contributed by atoms with E-state index in [0.717, 1.165) is 23.6 Å². The number of amides is 1. The molecule has 0 aromatic carbocycles. The van der Waals surface area contributed by atoms with Crippen molar-refractivity contribution in [2.24, 2.45) is 0 Å². The number of H-pyrrole nitrogens is 2. The van der Waals surface area contributed by atoms with Crippen LogP contribution in [-0.4, -0.2) is 49.0 Å². The molecule has 1 amide bonds. The molecule has 23 heavy (non-hydrogen) atoms. The molecule has 7 nitrogen and oxygen atoms in total. The zero-order valence-corrected chi connectivity index (χ0v) is 15.1. The zero-order valence-electron chi connectivity index (χ0n) is 14.3. The van der Waals surface area contributed by atoms with Crippen molar-refractivity contribution in [3.05, 3.63) is 23.3 Å². The second-order valence-electron chi connectivity index (χ2n) is 6.49. The molecule has 0 atom stereocenters. The van der Waals surface area contributed by atoms with Gasteiger partial charge in [0, 0.05) is 18.9 Å². The molecule has 0 fully saturated rings. The van der Waals surface area contributed by atoms with Crippen molar-refractivity contribution >= 4 is 17.7 Å². The van der Waals surface area contributed by atoms with Gasteiger partial charge in [0.15, 0.2) is 0 Å². The Morgan fingerprint density at radius 3 is 2.61 bits per heavy atom. The summed E-state index contributed by atoms with van der Waals surface area (Å²) in [4.78, 5) is 18.2. The van der Waals surface area contributed by atoms with Crippen LogP contribution in [0.4, 0.5) is 0 Å². The number of nitrogens with zero attached hydrogens (tertiary/aromatic N) is 4. The standard InChI is InChI=1S/C15H24N6OS/c1-6-12-16-14(20-19-12)23-9-13(22)21(5)8-10-7-11(18-17-10)15(2,3)4/h7H,6,8-9H2,1-5H3,(H,17,18)(H,16,19,20). The van der Waals surface area contributed by atoms with Crippen LogP contribution >= 0.6 is 11.8 Å². The lowest BCUT2D eigenvalue weighted by Crippen LogP contribution is -2.28. The van der Waals surface area contributed by atoms with Gasteiger partial charge in [-0.25, -0.2) is 4.98 Å². The Morgan fingerprint density at radius 1 is 1.30 bits per heavy atom. The Balaban J connectivity index is 1.86. The Kier molecular flexibility index (Phi) is 5.46. The van der Waals surface area contributed by atoms with Gasteiger partial charge in [0.1, 0.15) is 5.82 Å². The van der Waals surface area contributed by atoms with Gasteiger partial charge in [-0.2, -0.15) is 5.10 Å². The monoisotopic (exact) mass is 336 g/mol. The maximum Gasteiger partial charge on any atom is 0.233 e. The third-order valence-corrected chi connectivity index (χ3v) is 4.24. The number of aromatic nitrogens is 5. The van der Waals surface area contributed by atoms with Crippen LogP contribution < -0.4 is 0 Å². The highest BCUT2D eigenvalue weighted by molar-refractivity contribution is 7.99. The summed E-state index contributed by atoms with van der Waals surface area (Å²) in [7, 11) is 1.79. The van der Waals surface area contributed by atoms with Gasteiger partial charge < -0.3 is 4.90 Å². The topological polar surface area (TPSA) is 90.6 Å². The molecule has 0 aliphatic rings. The fraction of sp³-hybridized carbons (Fsp3) is 0.600. The Morgan fingerprint density at radius 2 is 2.04 bits per heavy atom. The molecular weight excluding hydrogens is 312 g/mol. The van der Waals surface area contributed by atoms with Gasteiger partial charge in [0.25, 0.3) is 0 Å². The average Bonchev–Trinajstić information content (AvgIpc) is 3.12. The van der Waals surface area contributed by atoms with Crippen molar-refractivity contribution in [2.45, 2.75) is 51.2 Å². The minimum atomic E-state index is -0.00418. The maximum atomic E-state index is 12.2. The van der Waals surface area contributed by atoms with Crippen LogP contribution in [0.3, 0.4) is 0 Å². The van der Waals surface area contributed by atoms with Gasteiger partial charge >= 0.3 is 0 Å². The van der Waals surface area contributed by atoms with E-state index in [2.05, 4.69) is 46.1 Å². The zero-order chi connectivity index (χ0) is 17.0. The summed E-state index contributed by atoms with van der Waals surface area (Å²) in [6.07, 6.45) is 0.803. The van der Waals surface area contributed by atoms with Crippen LogP contribution in [0.1, 0.15) is 44.9 Å². The fourth-order valence-electron chi connectivity index (χ4n) is 1.91. The predicted octanol–water partition coefficient (Wildman–Crippen LogP) is 2.14. The second kappa shape index (κ2) is 7.16. The molecular formula is C15H24N6OS. The number of aromatic amines is 2. The molecule has 2 aromatic heterocycles. The normalized spacial score (nSPS) is 11.7. The lowest BCUT2D eigenvalue weighted by atomic mass is 9.92. The molecule has 2 N–H and O–H groups in total. The molecule has 8 heteroatoms. The second-order valence-corrected chi connectivity index (χ2v) is 7.43. The van der Waals surface area contributed by atoms with E-state index in [1.165, 1.54) is 11.8 Å². The van der Waals surface area contributed by atoms with Crippen LogP contribution in [-0.2, 0) is 23.2 Å². The molecule has 0 unspecified atom stereocenters. The van der Waals surface area contributed by atoms with E-state index in [0.29, 0.717) is 17.5 Å². The smallest absolute Gasteiger partial charge is 0.233 e. The summed E-state index contributed by atoms with van der Waals surface area (Å²) < 4.78 is 0. The van der Waals surface area contributed by atoms with E-state index in [9.17, 15) is 4.79 Å². The SMILES string of the molecule is CCc1nc(SCC(=O)N(C)Cc2cc(C(C)(C)C)n[nH]2)n[nH]1. The number of hydrogen-bond donors (Lipinski definition) is 2. The number of carbonyl (C=O) groups excluding carboxylic acids is 1. The highest BCUT2D eigenvalue weighted by Crippen LogP contribution is 2.21. The van der Waals surface area contributed by atoms with Crippen molar-refractivity contribution < 1.29 is 4.79 Å². The molecule has 0 saturated heterocycles. The molecule has 2 rings (SSSR count). The summed E-state index contributed by atoms with van der Waals surface area (Å²) in [5.74, 6) is 1.18. The summed E-state index contributed by atoms with van der Waals surface area (Å²) in [5.41, 5.74) is 1.92. The first-order valence-corrected chi connectivity index (χ1v) is 8.61. The highest BCUT2D eigenvalue weighted by atomic mass is 32.2. The first-order valence-electron chi connectivity index (χ1n) is 7.62. The Hall–Kier alpha value is -1.83. The van der Waals surface area contributed by atoms with Crippen molar-refractivity contribution in [3.63, 3.8) is 0 Å². The summed E-state index contributed by atoms with van der Waals surface area (Å²) >= 11 is 1.34. The van der Waals surface area contributed by atoms with Gasteiger partial charge in [-0.05, 0) is 6.07 Å². The predicted molar refractivity (Wildman–Crippen MR) is 90.2 cm³/mol. The average molecular weight is 336 g/mol. The van der Waals surface area contributed by atoms with Gasteiger partial charge in [-0.15, -0.1) is 5.10 Å². The lowest BCUT2D eigenvalue weighted by molar-refractivity contribution is -0.127. The van der Waals surface area contributed by atoms with Crippen LogP contribution in [0, 0.1) is 0 Å². The quantitative estimate of drug-likeness (QED) is 0.789. The summed E-state index contributed by atoms with van der Waals surface area (Å²) in [6.45, 7) is 8.85. The minimum absolute atomic E-state index is 0.00418. The van der Waals surface area contributed by atoms with Crippen molar-refractivity contribution in [1.29, 1.82) is 0 Å². The van der Waals surface area contributed by atoms with Crippen LogP contribution in [0.5, 0.6) is 0 Å². The maximum absolute atomic E-state index is 12.2. The van der Waals surface area contributed by atoms with Gasteiger partial charge in [0.2, 0.25) is 11.1 Å². The third kappa shape index (κ3) is 4.82. The molecule has 0 spiro atoms. The van der Waals surface area contributed by atoms with Crippen molar-refractivity contribution in [1.82, 2.24) is 30.3 Å². The van der Waals surface area contributed by atoms with E-state index in [4.69, 9.17) is 0 Å². The van der Waals surface area contributed by atoms with E-state index in [-0.39, 0.29) is 11.3 Å². The molecule has 2 heterocycles. The number of rotatable bonds is 6. The van der Waals surface area contributed by atoms with Gasteiger partial charge in [0.05, 0.1) is 23.7 Å². The Labute approximate surface area is 140 Å². The van der Waals surface area contributed by atoms with Crippen LogP contribution in [0.15, 0.2) is 11.2 Å². The molecule has 2 aromatic rings. The van der Waals surface area contributed by atoms with E-state index in [1.54, 1.807) is 11.9 Å². The molecule has 0 aliphatic heterocycles. The molecule has 0 radical (unpaired) electrons. The van der Waals surface area contributed by atoms with Gasteiger partial charge in [-0.3, -0.25) is 15.0 Å². The summed E-state index contributed by atoms with van der Waals surface area (Å²) in [6, 6.07) is 2.01. The first-order chi connectivity index (χ1) is 10.8. The van der Waals surface area contributed by atoms with Crippen molar-refractivity contribution in [2.75, 3.05) is 12.8 Å². The number of nitrogens with one attached hydrogen (secondary N) is 2. The number of aryl methyl sites for hydroxylation is 1. The third-order valence-electron chi connectivity index (χ3n) is 3.40. The highest BCUT2D eigenvalue weighted by Gasteiger charge is 2.18. The summed E-state index contributed by atoms with van der Waals surface area (Å²) in [5, 5.41) is 14.8. The lowest BCUT2D eigenvalue weighted by Gasteiger charge is -2.16. The Bertz CT molecular complexity index is 657. The molecule has 0 saturated carbocycles. The number of thioether (sulfide) groups is 1. The van der Waals surface area contributed by atoms with Gasteiger partial charge in [-0.1, -0.05) is 39.5 Å². The minimum Gasteiger partial charge on any atom is -0.339 e. The first kappa shape index (κ1) is 17.5. The van der Waals surface area contributed by atoms with E-state index < -0.39 is 0 Å². The van der Waals surface area contributed by atoms with Crippen LogP contribution in [0.2, 0.25) is 0 Å².